The molecule has 2 N–H and O–H groups in total. The Morgan fingerprint density at radius 3 is 2.52 bits per heavy atom. The zero-order valence-corrected chi connectivity index (χ0v) is 17.8. The monoisotopic (exact) mass is 439 g/mol. The van der Waals surface area contributed by atoms with E-state index >= 15 is 0 Å². The van der Waals surface area contributed by atoms with Gasteiger partial charge in [0.05, 0.1) is 5.25 Å². The van der Waals surface area contributed by atoms with Crippen molar-refractivity contribution < 1.29 is 14.0 Å². The second-order valence-corrected chi connectivity index (χ2v) is 8.62. The average molecular weight is 440 g/mol. The van der Waals surface area contributed by atoms with E-state index in [1.54, 1.807) is 0 Å². The first kappa shape index (κ1) is 21.0. The highest BCUT2D eigenvalue weighted by molar-refractivity contribution is 8.00. The molecule has 3 aromatic rings. The topological polar surface area (TPSA) is 94.1 Å². The van der Waals surface area contributed by atoms with Crippen LogP contribution in [0.5, 0.6) is 0 Å². The van der Waals surface area contributed by atoms with Crippen LogP contribution in [0, 0.1) is 12.7 Å². The van der Waals surface area contributed by atoms with Crippen LogP contribution in [-0.2, 0) is 4.79 Å². The fraction of sp³-hybridized carbons (Fsp3) is 0.273. The third-order valence-electron chi connectivity index (χ3n) is 5.20. The largest absolute Gasteiger partial charge is 0.335 e. The minimum Gasteiger partial charge on any atom is -0.335 e. The number of aromatic nitrogens is 3. The Bertz CT molecular complexity index is 1100. The maximum Gasteiger partial charge on any atom is 0.260 e. The average Bonchev–Trinajstić information content (AvgIpc) is 3.02. The first-order chi connectivity index (χ1) is 14.9. The molecule has 0 unspecified atom stereocenters. The summed E-state index contributed by atoms with van der Waals surface area (Å²) in [4.78, 5) is 27.3. The number of hydrogen-bond donors (Lipinski definition) is 1. The third kappa shape index (κ3) is 4.46. The van der Waals surface area contributed by atoms with E-state index in [1.807, 2.05) is 31.2 Å². The van der Waals surface area contributed by atoms with Gasteiger partial charge in [-0.2, -0.15) is 0 Å². The number of nitrogen functional groups attached to an aromatic ring is 1. The number of rotatable bonds is 4. The molecule has 4 rings (SSSR count). The Morgan fingerprint density at radius 1 is 1.10 bits per heavy atom. The van der Waals surface area contributed by atoms with Crippen molar-refractivity contribution in [2.75, 3.05) is 12.4 Å². The molecule has 1 aliphatic heterocycles. The van der Waals surface area contributed by atoms with Crippen molar-refractivity contribution >= 4 is 23.6 Å². The number of nitrogens with zero attached hydrogens (tertiary/aromatic N) is 4. The van der Waals surface area contributed by atoms with E-state index in [1.165, 1.54) is 45.6 Å². The number of carbonyl (C=O) groups is 2. The summed E-state index contributed by atoms with van der Waals surface area (Å²) in [5.41, 5.74) is 2.23. The van der Waals surface area contributed by atoms with Crippen LogP contribution in [0.4, 0.5) is 4.39 Å². The molecule has 1 fully saturated rings. The molecule has 160 valence electrons. The molecular weight excluding hydrogens is 417 g/mol. The molecule has 0 bridgehead atoms. The Kier molecular flexibility index (Phi) is 6.03. The summed E-state index contributed by atoms with van der Waals surface area (Å²) in [5, 5.41) is 8.24. The van der Waals surface area contributed by atoms with Crippen molar-refractivity contribution in [2.45, 2.75) is 36.6 Å². The van der Waals surface area contributed by atoms with E-state index in [4.69, 9.17) is 5.84 Å². The predicted octanol–water partition coefficient (Wildman–Crippen LogP) is 3.42. The van der Waals surface area contributed by atoms with E-state index < -0.39 is 17.0 Å². The Balaban J connectivity index is 1.54. The standard InChI is InChI=1S/C22H22FN5O2S/c1-14-5-7-15(8-6-14)19-25-26-22(28(19)24)31-18-4-2-3-13-27(21(18)30)20(29)16-9-11-17(23)12-10-16/h5-12,18H,2-4,13,24H2,1H3/t18-/m1/s1. The Hall–Kier alpha value is -3.20. The van der Waals surface area contributed by atoms with E-state index in [-0.39, 0.29) is 11.5 Å². The van der Waals surface area contributed by atoms with Gasteiger partial charge in [-0.05, 0) is 44.0 Å². The second-order valence-electron chi connectivity index (χ2n) is 7.45. The van der Waals surface area contributed by atoms with Crippen LogP contribution >= 0.6 is 11.8 Å². The summed E-state index contributed by atoms with van der Waals surface area (Å²) < 4.78 is 14.6. The van der Waals surface area contributed by atoms with E-state index in [0.717, 1.165) is 17.5 Å². The van der Waals surface area contributed by atoms with Crippen molar-refractivity contribution in [1.29, 1.82) is 0 Å². The zero-order chi connectivity index (χ0) is 22.0. The number of likely N-dealkylation sites (tertiary alicyclic amines) is 1. The Morgan fingerprint density at radius 2 is 1.81 bits per heavy atom. The fourth-order valence-electron chi connectivity index (χ4n) is 3.45. The van der Waals surface area contributed by atoms with Crippen LogP contribution in [0.1, 0.15) is 35.2 Å². The number of imide groups is 1. The molecule has 2 aromatic carbocycles. The summed E-state index contributed by atoms with van der Waals surface area (Å²) in [7, 11) is 0. The Labute approximate surface area is 183 Å². The second kappa shape index (κ2) is 8.89. The molecule has 0 saturated carbocycles. The maximum absolute atomic E-state index is 13.2. The van der Waals surface area contributed by atoms with Gasteiger partial charge in [0, 0.05) is 17.7 Å². The molecule has 0 spiro atoms. The molecule has 1 atom stereocenters. The lowest BCUT2D eigenvalue weighted by Gasteiger charge is -2.22. The number of halogens is 1. The lowest BCUT2D eigenvalue weighted by Crippen LogP contribution is -2.41. The van der Waals surface area contributed by atoms with E-state index in [0.29, 0.717) is 30.4 Å². The lowest BCUT2D eigenvalue weighted by molar-refractivity contribution is -0.127. The third-order valence-corrected chi connectivity index (χ3v) is 6.41. The molecule has 1 aliphatic rings. The molecule has 9 heteroatoms. The summed E-state index contributed by atoms with van der Waals surface area (Å²) in [6.07, 6.45) is 2.10. The zero-order valence-electron chi connectivity index (χ0n) is 17.0. The molecule has 0 radical (unpaired) electrons. The first-order valence-electron chi connectivity index (χ1n) is 9.99. The van der Waals surface area contributed by atoms with Crippen LogP contribution in [0.25, 0.3) is 11.4 Å². The summed E-state index contributed by atoms with van der Waals surface area (Å²) >= 11 is 1.21. The van der Waals surface area contributed by atoms with Gasteiger partial charge >= 0.3 is 0 Å². The van der Waals surface area contributed by atoms with Crippen molar-refractivity contribution in [3.05, 3.63) is 65.5 Å². The van der Waals surface area contributed by atoms with Gasteiger partial charge in [-0.1, -0.05) is 48.0 Å². The number of amides is 2. The minimum absolute atomic E-state index is 0.282. The number of benzene rings is 2. The van der Waals surface area contributed by atoms with Gasteiger partial charge in [0.2, 0.25) is 11.1 Å². The SMILES string of the molecule is Cc1ccc(-c2nnc(S[C@@H]3CCCCN(C(=O)c4ccc(F)cc4)C3=O)n2N)cc1. The fourth-order valence-corrected chi connectivity index (χ4v) is 4.51. The van der Waals surface area contributed by atoms with Gasteiger partial charge in [-0.25, -0.2) is 9.07 Å². The molecule has 2 amide bonds. The molecule has 31 heavy (non-hydrogen) atoms. The molecule has 2 heterocycles. The number of nitrogens with two attached hydrogens (primary N) is 1. The highest BCUT2D eigenvalue weighted by Crippen LogP contribution is 2.31. The van der Waals surface area contributed by atoms with Crippen LogP contribution in [0.15, 0.2) is 53.7 Å². The van der Waals surface area contributed by atoms with Gasteiger partial charge in [-0.15, -0.1) is 10.2 Å². The number of hydrogen-bond acceptors (Lipinski definition) is 6. The highest BCUT2D eigenvalue weighted by Gasteiger charge is 2.33. The molecule has 1 saturated heterocycles. The van der Waals surface area contributed by atoms with E-state index in [2.05, 4.69) is 10.2 Å². The van der Waals surface area contributed by atoms with Gasteiger partial charge in [0.15, 0.2) is 5.82 Å². The molecule has 0 aliphatic carbocycles. The van der Waals surface area contributed by atoms with Crippen LogP contribution in [0.2, 0.25) is 0 Å². The van der Waals surface area contributed by atoms with Crippen molar-refractivity contribution in [3.63, 3.8) is 0 Å². The highest BCUT2D eigenvalue weighted by atomic mass is 32.2. The van der Waals surface area contributed by atoms with Gasteiger partial charge in [0.1, 0.15) is 5.82 Å². The van der Waals surface area contributed by atoms with Crippen molar-refractivity contribution in [3.8, 4) is 11.4 Å². The molecule has 7 nitrogen and oxygen atoms in total. The molecule has 1 aromatic heterocycles. The van der Waals surface area contributed by atoms with Gasteiger partial charge in [-0.3, -0.25) is 14.5 Å². The van der Waals surface area contributed by atoms with Crippen molar-refractivity contribution in [2.24, 2.45) is 0 Å². The summed E-state index contributed by atoms with van der Waals surface area (Å²) in [6, 6.07) is 13.0. The van der Waals surface area contributed by atoms with Gasteiger partial charge in [0.25, 0.3) is 5.91 Å². The first-order valence-corrected chi connectivity index (χ1v) is 10.9. The smallest absolute Gasteiger partial charge is 0.260 e. The minimum atomic E-state index is -0.510. The maximum atomic E-state index is 13.2. The van der Waals surface area contributed by atoms with Crippen molar-refractivity contribution in [1.82, 2.24) is 19.8 Å². The van der Waals surface area contributed by atoms with Gasteiger partial charge < -0.3 is 5.84 Å². The normalized spacial score (nSPS) is 16.9. The van der Waals surface area contributed by atoms with E-state index in [9.17, 15) is 14.0 Å². The summed E-state index contributed by atoms with van der Waals surface area (Å²) in [5.74, 6) is 5.57. The van der Waals surface area contributed by atoms with Crippen LogP contribution in [0.3, 0.4) is 0 Å². The number of aryl methyl sites for hydroxylation is 1. The number of thioether (sulfide) groups is 1. The molecular formula is C22H22FN5O2S. The van der Waals surface area contributed by atoms with Crippen LogP contribution in [-0.4, -0.2) is 43.4 Å². The summed E-state index contributed by atoms with van der Waals surface area (Å²) in [6.45, 7) is 2.32. The number of carbonyl (C=O) groups excluding carboxylic acids is 2. The quantitative estimate of drug-likeness (QED) is 0.495. The van der Waals surface area contributed by atoms with Crippen LogP contribution < -0.4 is 5.84 Å². The lowest BCUT2D eigenvalue weighted by atomic mass is 10.1. The predicted molar refractivity (Wildman–Crippen MR) is 116 cm³/mol.